The van der Waals surface area contributed by atoms with Gasteiger partial charge in [-0.3, -0.25) is 4.79 Å². The van der Waals surface area contributed by atoms with E-state index in [0.717, 1.165) is 19.5 Å². The zero-order valence-corrected chi connectivity index (χ0v) is 22.2. The molecule has 8 nitrogen and oxygen atoms in total. The molecule has 0 radical (unpaired) electrons. The third kappa shape index (κ3) is 4.74. The lowest BCUT2D eigenvalue weighted by molar-refractivity contribution is -0.164. The van der Waals surface area contributed by atoms with E-state index in [1.807, 2.05) is 0 Å². The Morgan fingerprint density at radius 3 is 2.50 bits per heavy atom. The largest absolute Gasteiger partial charge is 0.489 e. The van der Waals surface area contributed by atoms with Gasteiger partial charge in [0.1, 0.15) is 17.9 Å². The molecule has 1 aromatic heterocycles. The van der Waals surface area contributed by atoms with Crippen LogP contribution in [0.25, 0.3) is 0 Å². The second-order valence-electron chi connectivity index (χ2n) is 11.2. The lowest BCUT2D eigenvalue weighted by Gasteiger charge is -2.63. The van der Waals surface area contributed by atoms with Gasteiger partial charge >= 0.3 is 0 Å². The number of nitrogens with one attached hydrogen (secondary N) is 1. The number of anilines is 1. The Hall–Kier alpha value is -2.89. The van der Waals surface area contributed by atoms with Gasteiger partial charge in [0, 0.05) is 55.0 Å². The first-order chi connectivity index (χ1) is 17.0. The first kappa shape index (κ1) is 26.2. The third-order valence-electron chi connectivity index (χ3n) is 7.93. The number of benzene rings is 1. The van der Waals surface area contributed by atoms with Crippen molar-refractivity contribution in [2.75, 3.05) is 24.6 Å². The number of nitrogens with zero attached hydrogens (tertiary/aromatic N) is 4. The second-order valence-corrected chi connectivity index (χ2v) is 11.6. The maximum Gasteiger partial charge on any atom is 0.254 e. The van der Waals surface area contributed by atoms with Crippen LogP contribution in [0.2, 0.25) is 5.02 Å². The number of rotatable bonds is 6. The van der Waals surface area contributed by atoms with Crippen molar-refractivity contribution in [2.24, 2.45) is 22.7 Å². The molecule has 1 saturated heterocycles. The van der Waals surface area contributed by atoms with Gasteiger partial charge in [0.2, 0.25) is 5.95 Å². The molecule has 1 saturated carbocycles. The van der Waals surface area contributed by atoms with Crippen molar-refractivity contribution in [3.8, 4) is 11.8 Å². The van der Waals surface area contributed by atoms with Gasteiger partial charge in [-0.2, -0.15) is 5.26 Å². The van der Waals surface area contributed by atoms with E-state index in [4.69, 9.17) is 21.6 Å². The third-order valence-corrected chi connectivity index (χ3v) is 8.24. The Kier molecular flexibility index (Phi) is 7.18. The van der Waals surface area contributed by atoms with E-state index < -0.39 is 0 Å². The summed E-state index contributed by atoms with van der Waals surface area (Å²) in [6.45, 7) is 12.2. The van der Waals surface area contributed by atoms with Gasteiger partial charge in [-0.25, -0.2) is 9.97 Å². The van der Waals surface area contributed by atoms with Crippen LogP contribution in [0, 0.1) is 34.0 Å². The number of carbonyl (C=O) groups excluding carboxylic acids is 1. The van der Waals surface area contributed by atoms with E-state index in [1.54, 1.807) is 30.6 Å². The molecule has 0 bridgehead atoms. The lowest BCUT2D eigenvalue weighted by Crippen LogP contribution is -2.74. The maximum absolute atomic E-state index is 13.1. The molecule has 1 aliphatic heterocycles. The van der Waals surface area contributed by atoms with E-state index >= 15 is 0 Å². The van der Waals surface area contributed by atoms with E-state index in [1.165, 1.54) is 0 Å². The Morgan fingerprint density at radius 1 is 1.28 bits per heavy atom. The molecule has 2 aromatic rings. The van der Waals surface area contributed by atoms with Crippen LogP contribution in [-0.2, 0) is 0 Å². The zero-order valence-electron chi connectivity index (χ0n) is 21.5. The van der Waals surface area contributed by atoms with Crippen LogP contribution in [0.1, 0.15) is 57.0 Å². The molecule has 0 unspecified atom stereocenters. The normalized spacial score (nSPS) is 26.4. The Bertz CT molecular complexity index is 1140. The molecule has 1 aliphatic carbocycles. The molecule has 4 rings (SSSR count). The lowest BCUT2D eigenvalue weighted by atomic mass is 9.49. The number of halogens is 1. The van der Waals surface area contributed by atoms with Crippen molar-refractivity contribution < 1.29 is 14.6 Å². The van der Waals surface area contributed by atoms with Crippen LogP contribution in [-0.4, -0.2) is 52.8 Å². The van der Waals surface area contributed by atoms with Crippen molar-refractivity contribution in [2.45, 2.75) is 53.2 Å². The fourth-order valence-electron chi connectivity index (χ4n) is 6.06. The molecule has 192 valence electrons. The van der Waals surface area contributed by atoms with Crippen LogP contribution in [0.5, 0.6) is 5.75 Å². The van der Waals surface area contributed by atoms with Gasteiger partial charge in [0.05, 0.1) is 16.1 Å². The van der Waals surface area contributed by atoms with Crippen LogP contribution in [0.4, 0.5) is 5.95 Å². The molecule has 1 amide bonds. The number of aliphatic hydroxyl groups is 1. The summed E-state index contributed by atoms with van der Waals surface area (Å²) in [6, 6.07) is 6.96. The second kappa shape index (κ2) is 9.87. The highest BCUT2D eigenvalue weighted by Crippen LogP contribution is 2.55. The monoisotopic (exact) mass is 511 g/mol. The summed E-state index contributed by atoms with van der Waals surface area (Å²) in [5, 5.41) is 22.1. The van der Waals surface area contributed by atoms with Crippen molar-refractivity contribution in [1.29, 1.82) is 5.26 Å². The summed E-state index contributed by atoms with van der Waals surface area (Å²) >= 11 is 6.18. The molecule has 2 N–H and O–H groups in total. The number of nitriles is 1. The van der Waals surface area contributed by atoms with Gasteiger partial charge in [0.25, 0.3) is 5.91 Å². The number of aliphatic hydroxyl groups excluding tert-OH is 1. The molecule has 9 heteroatoms. The fourth-order valence-corrected chi connectivity index (χ4v) is 6.27. The molecular weight excluding hydrogens is 478 g/mol. The molecule has 0 spiro atoms. The minimum atomic E-state index is -0.354. The smallest absolute Gasteiger partial charge is 0.254 e. The predicted octanol–water partition coefficient (Wildman–Crippen LogP) is 4.07. The molecule has 2 atom stereocenters. The van der Waals surface area contributed by atoms with E-state index in [2.05, 4.69) is 60.9 Å². The van der Waals surface area contributed by atoms with Crippen LogP contribution in [0.15, 0.2) is 30.6 Å². The van der Waals surface area contributed by atoms with Gasteiger partial charge < -0.3 is 20.1 Å². The molecular formula is C27H34ClN5O3. The highest BCUT2D eigenvalue weighted by molar-refractivity contribution is 6.31. The van der Waals surface area contributed by atoms with Crippen LogP contribution < -0.4 is 15.0 Å². The number of piperidine rings is 1. The standard InChI is InChI=1S/C27H34ClN5O3/c1-16-14-33(9-8-18(16)15-34)25-30-12-19(13-31-25)22(35)32-23-26(2,3)24(27(23,4)5)36-20-7-6-17(11-29)21(28)10-20/h6-7,10,12-13,16,18,23-24,34H,8-9,14-15H2,1-5H3,(H,32,35)/t16-,18+,23?,24?/m0/s1. The fraction of sp³-hybridized carbons (Fsp3) is 0.556. The first-order valence-corrected chi connectivity index (χ1v) is 12.7. The summed E-state index contributed by atoms with van der Waals surface area (Å²) < 4.78 is 6.29. The van der Waals surface area contributed by atoms with Crippen LogP contribution >= 0.6 is 11.6 Å². The SMILES string of the molecule is C[C@H]1CN(c2ncc(C(=O)NC3C(C)(C)C(Oc4ccc(C#N)c(Cl)c4)C3(C)C)cn2)CC[C@@H]1CO. The van der Waals surface area contributed by atoms with Crippen LogP contribution in [0.3, 0.4) is 0 Å². The molecule has 1 aromatic carbocycles. The number of hydrogen-bond acceptors (Lipinski definition) is 7. The number of hydrogen-bond donors (Lipinski definition) is 2. The molecule has 2 heterocycles. The van der Waals surface area contributed by atoms with E-state index in [0.29, 0.717) is 39.7 Å². The summed E-state index contributed by atoms with van der Waals surface area (Å²) in [4.78, 5) is 24.1. The maximum atomic E-state index is 13.1. The quantitative estimate of drug-likeness (QED) is 0.601. The predicted molar refractivity (Wildman–Crippen MR) is 138 cm³/mol. The summed E-state index contributed by atoms with van der Waals surface area (Å²) in [7, 11) is 0. The zero-order chi connectivity index (χ0) is 26.3. The van der Waals surface area contributed by atoms with E-state index in [9.17, 15) is 9.90 Å². The highest BCUT2D eigenvalue weighted by Gasteiger charge is 2.64. The minimum absolute atomic E-state index is 0.144. The topological polar surface area (TPSA) is 111 Å². The number of amides is 1. The van der Waals surface area contributed by atoms with Crippen molar-refractivity contribution in [3.05, 3.63) is 46.7 Å². The van der Waals surface area contributed by atoms with E-state index in [-0.39, 0.29) is 35.5 Å². The van der Waals surface area contributed by atoms with Crippen molar-refractivity contribution >= 4 is 23.5 Å². The molecule has 36 heavy (non-hydrogen) atoms. The number of ether oxygens (including phenoxy) is 1. The first-order valence-electron chi connectivity index (χ1n) is 12.3. The van der Waals surface area contributed by atoms with Gasteiger partial charge in [0.15, 0.2) is 0 Å². The molecule has 2 fully saturated rings. The Morgan fingerprint density at radius 2 is 1.94 bits per heavy atom. The molecule has 2 aliphatic rings. The number of carbonyl (C=O) groups is 1. The summed E-state index contributed by atoms with van der Waals surface area (Å²) in [5.41, 5.74) is 0.103. The average molecular weight is 512 g/mol. The number of aromatic nitrogens is 2. The summed E-state index contributed by atoms with van der Waals surface area (Å²) in [5.74, 6) is 1.64. The van der Waals surface area contributed by atoms with Gasteiger partial charge in [-0.1, -0.05) is 46.2 Å². The van der Waals surface area contributed by atoms with Crippen molar-refractivity contribution in [3.63, 3.8) is 0 Å². The highest BCUT2D eigenvalue weighted by atomic mass is 35.5. The summed E-state index contributed by atoms with van der Waals surface area (Å²) in [6.07, 6.45) is 3.87. The van der Waals surface area contributed by atoms with Gasteiger partial charge in [-0.05, 0) is 30.4 Å². The Balaban J connectivity index is 1.41. The average Bonchev–Trinajstić information content (AvgIpc) is 2.85. The van der Waals surface area contributed by atoms with Crippen molar-refractivity contribution in [1.82, 2.24) is 15.3 Å². The Labute approximate surface area is 217 Å². The van der Waals surface area contributed by atoms with Gasteiger partial charge in [-0.15, -0.1) is 0 Å². The minimum Gasteiger partial charge on any atom is -0.489 e.